The van der Waals surface area contributed by atoms with Crippen molar-refractivity contribution in [1.82, 2.24) is 24.8 Å². The summed E-state index contributed by atoms with van der Waals surface area (Å²) in [5, 5.41) is 1.06. The van der Waals surface area contributed by atoms with Gasteiger partial charge in [-0.1, -0.05) is 13.8 Å². The fourth-order valence-electron chi connectivity index (χ4n) is 4.01. The van der Waals surface area contributed by atoms with Gasteiger partial charge in [-0.2, -0.15) is 0 Å². The second-order valence-electron chi connectivity index (χ2n) is 7.75. The van der Waals surface area contributed by atoms with Crippen LogP contribution in [0.2, 0.25) is 0 Å². The molecular weight excluding hydrogens is 328 g/mol. The average Bonchev–Trinajstić information content (AvgIpc) is 3.29. The maximum atomic E-state index is 12.8. The molecule has 2 aromatic heterocycles. The van der Waals surface area contributed by atoms with Crippen molar-refractivity contribution in [1.29, 1.82) is 0 Å². The monoisotopic (exact) mass is 356 g/mol. The number of rotatable bonds is 3. The number of carbonyl (C=O) groups is 1. The predicted octanol–water partition coefficient (Wildman–Crippen LogP) is 1.82. The van der Waals surface area contributed by atoms with E-state index >= 15 is 0 Å². The van der Waals surface area contributed by atoms with E-state index in [9.17, 15) is 4.79 Å². The minimum absolute atomic E-state index is 0.0736. The Kier molecular flexibility index (Phi) is 4.56. The van der Waals surface area contributed by atoms with Crippen LogP contribution >= 0.6 is 0 Å². The van der Waals surface area contributed by atoms with Crippen molar-refractivity contribution >= 4 is 22.8 Å². The third kappa shape index (κ3) is 3.05. The highest BCUT2D eigenvalue weighted by Gasteiger charge is 2.33. The molecular formula is C19H28N6O. The third-order valence-electron chi connectivity index (χ3n) is 5.63. The molecule has 4 heterocycles. The Hall–Kier alpha value is -2.15. The van der Waals surface area contributed by atoms with Crippen LogP contribution in [-0.4, -0.2) is 76.5 Å². The Morgan fingerprint density at radius 1 is 1.19 bits per heavy atom. The van der Waals surface area contributed by atoms with Crippen LogP contribution in [0, 0.1) is 0 Å². The molecule has 0 aromatic carbocycles. The highest BCUT2D eigenvalue weighted by Crippen LogP contribution is 2.27. The number of piperazine rings is 1. The van der Waals surface area contributed by atoms with Gasteiger partial charge in [-0.15, -0.1) is 0 Å². The zero-order chi connectivity index (χ0) is 18.3. The number of likely N-dealkylation sites (tertiary alicyclic amines) is 1. The SMILES string of the molecule is CC(C)c1nc(N2CCN(C(=O)C3CCCN3C)CC2)c2cc[nH]c2n1. The molecule has 1 amide bonds. The predicted molar refractivity (Wildman–Crippen MR) is 102 cm³/mol. The maximum absolute atomic E-state index is 12.8. The van der Waals surface area contributed by atoms with E-state index in [-0.39, 0.29) is 12.0 Å². The van der Waals surface area contributed by atoms with Crippen molar-refractivity contribution in [2.45, 2.75) is 38.6 Å². The number of carbonyl (C=O) groups excluding carboxylic acids is 1. The first kappa shape index (κ1) is 17.3. The summed E-state index contributed by atoms with van der Waals surface area (Å²) < 4.78 is 0. The number of nitrogens with zero attached hydrogens (tertiary/aromatic N) is 5. The number of anilines is 1. The molecule has 0 radical (unpaired) electrons. The molecule has 4 rings (SSSR count). The van der Waals surface area contributed by atoms with Crippen LogP contribution in [0.25, 0.3) is 11.0 Å². The molecule has 140 valence electrons. The zero-order valence-corrected chi connectivity index (χ0v) is 15.9. The van der Waals surface area contributed by atoms with E-state index in [0.29, 0.717) is 5.91 Å². The molecule has 2 aliphatic heterocycles. The first-order chi connectivity index (χ1) is 12.5. The van der Waals surface area contributed by atoms with E-state index in [0.717, 1.165) is 68.2 Å². The van der Waals surface area contributed by atoms with Gasteiger partial charge in [0.25, 0.3) is 0 Å². The summed E-state index contributed by atoms with van der Waals surface area (Å²) in [6, 6.07) is 2.12. The number of aromatic amines is 1. The quantitative estimate of drug-likeness (QED) is 0.909. The van der Waals surface area contributed by atoms with Gasteiger partial charge >= 0.3 is 0 Å². The van der Waals surface area contributed by atoms with Gasteiger partial charge in [0.1, 0.15) is 17.3 Å². The Morgan fingerprint density at radius 2 is 1.96 bits per heavy atom. The van der Waals surface area contributed by atoms with Crippen LogP contribution in [0.4, 0.5) is 5.82 Å². The molecule has 0 bridgehead atoms. The molecule has 1 N–H and O–H groups in total. The van der Waals surface area contributed by atoms with Crippen LogP contribution in [0.5, 0.6) is 0 Å². The molecule has 7 heteroatoms. The fourth-order valence-corrected chi connectivity index (χ4v) is 4.01. The average molecular weight is 356 g/mol. The topological polar surface area (TPSA) is 68.4 Å². The van der Waals surface area contributed by atoms with Crippen molar-refractivity contribution in [3.63, 3.8) is 0 Å². The molecule has 1 unspecified atom stereocenters. The highest BCUT2D eigenvalue weighted by atomic mass is 16.2. The second kappa shape index (κ2) is 6.87. The summed E-state index contributed by atoms with van der Waals surface area (Å²) in [6.07, 6.45) is 4.03. The van der Waals surface area contributed by atoms with E-state index in [1.807, 2.05) is 17.2 Å². The molecule has 2 fully saturated rings. The maximum Gasteiger partial charge on any atom is 0.240 e. The van der Waals surface area contributed by atoms with Crippen molar-refractivity contribution in [3.8, 4) is 0 Å². The van der Waals surface area contributed by atoms with Crippen LogP contribution in [0.1, 0.15) is 38.4 Å². The largest absolute Gasteiger partial charge is 0.352 e. The number of amides is 1. The minimum Gasteiger partial charge on any atom is -0.352 e. The third-order valence-corrected chi connectivity index (χ3v) is 5.63. The Balaban J connectivity index is 1.50. The normalized spacial score (nSPS) is 21.9. The molecule has 0 aliphatic carbocycles. The lowest BCUT2D eigenvalue weighted by atomic mass is 10.1. The lowest BCUT2D eigenvalue weighted by Gasteiger charge is -2.37. The van der Waals surface area contributed by atoms with Crippen molar-refractivity contribution < 1.29 is 4.79 Å². The Morgan fingerprint density at radius 3 is 2.62 bits per heavy atom. The molecule has 2 saturated heterocycles. The molecule has 0 saturated carbocycles. The van der Waals surface area contributed by atoms with Gasteiger partial charge in [-0.05, 0) is 32.5 Å². The molecule has 26 heavy (non-hydrogen) atoms. The number of aromatic nitrogens is 3. The van der Waals surface area contributed by atoms with E-state index in [2.05, 4.69) is 40.7 Å². The molecule has 2 aliphatic rings. The summed E-state index contributed by atoms with van der Waals surface area (Å²) in [6.45, 7) is 8.41. The number of nitrogens with one attached hydrogen (secondary N) is 1. The van der Waals surface area contributed by atoms with Gasteiger partial charge in [0.15, 0.2) is 0 Å². The molecule has 7 nitrogen and oxygen atoms in total. The lowest BCUT2D eigenvalue weighted by Crippen LogP contribution is -2.53. The van der Waals surface area contributed by atoms with E-state index < -0.39 is 0 Å². The summed E-state index contributed by atoms with van der Waals surface area (Å²) in [7, 11) is 2.06. The summed E-state index contributed by atoms with van der Waals surface area (Å²) in [5.74, 6) is 2.43. The smallest absolute Gasteiger partial charge is 0.240 e. The Bertz CT molecular complexity index is 792. The molecule has 0 spiro atoms. The second-order valence-corrected chi connectivity index (χ2v) is 7.75. The highest BCUT2D eigenvalue weighted by molar-refractivity contribution is 5.88. The first-order valence-electron chi connectivity index (χ1n) is 9.63. The van der Waals surface area contributed by atoms with Crippen LogP contribution in [0.15, 0.2) is 12.3 Å². The van der Waals surface area contributed by atoms with Gasteiger partial charge in [0.2, 0.25) is 5.91 Å². The number of H-pyrrole nitrogens is 1. The zero-order valence-electron chi connectivity index (χ0n) is 15.9. The van der Waals surface area contributed by atoms with E-state index in [4.69, 9.17) is 4.98 Å². The number of hydrogen-bond acceptors (Lipinski definition) is 5. The standard InChI is InChI=1S/C19H28N6O/c1-13(2)16-21-17-14(6-7-20-17)18(22-16)24-9-11-25(12-10-24)19(26)15-5-4-8-23(15)3/h6-7,13,15H,4-5,8-12H2,1-3H3,(H,20,21,22). The summed E-state index contributed by atoms with van der Waals surface area (Å²) in [5.41, 5.74) is 0.893. The minimum atomic E-state index is 0.0736. The summed E-state index contributed by atoms with van der Waals surface area (Å²) in [4.78, 5) is 32.0. The van der Waals surface area contributed by atoms with Gasteiger partial charge in [0.05, 0.1) is 11.4 Å². The molecule has 1 atom stereocenters. The van der Waals surface area contributed by atoms with Gasteiger partial charge in [-0.3, -0.25) is 9.69 Å². The van der Waals surface area contributed by atoms with Crippen molar-refractivity contribution in [3.05, 3.63) is 18.1 Å². The van der Waals surface area contributed by atoms with Gasteiger partial charge in [0, 0.05) is 38.3 Å². The summed E-state index contributed by atoms with van der Waals surface area (Å²) >= 11 is 0. The van der Waals surface area contributed by atoms with Crippen LogP contribution in [-0.2, 0) is 4.79 Å². The van der Waals surface area contributed by atoms with Crippen LogP contribution in [0.3, 0.4) is 0 Å². The molecule has 2 aromatic rings. The number of hydrogen-bond donors (Lipinski definition) is 1. The van der Waals surface area contributed by atoms with E-state index in [1.165, 1.54) is 0 Å². The lowest BCUT2D eigenvalue weighted by molar-refractivity contribution is -0.135. The van der Waals surface area contributed by atoms with Crippen LogP contribution < -0.4 is 4.90 Å². The van der Waals surface area contributed by atoms with Crippen molar-refractivity contribution in [2.24, 2.45) is 0 Å². The Labute approximate surface area is 154 Å². The first-order valence-corrected chi connectivity index (χ1v) is 9.63. The van der Waals surface area contributed by atoms with Crippen molar-refractivity contribution in [2.75, 3.05) is 44.7 Å². The number of fused-ring (bicyclic) bond motifs is 1. The number of likely N-dealkylation sites (N-methyl/N-ethyl adjacent to an activating group) is 1. The van der Waals surface area contributed by atoms with E-state index in [1.54, 1.807) is 0 Å². The van der Waals surface area contributed by atoms with Gasteiger partial charge < -0.3 is 14.8 Å². The van der Waals surface area contributed by atoms with Gasteiger partial charge in [-0.25, -0.2) is 9.97 Å². The fraction of sp³-hybridized carbons (Fsp3) is 0.632.